The second-order valence-electron chi connectivity index (χ2n) is 4.64. The summed E-state index contributed by atoms with van der Waals surface area (Å²) in [5, 5.41) is 3.92. The number of carbonyl (C=O) groups is 1. The maximum atomic E-state index is 12.0. The number of para-hydroxylation sites is 2. The maximum absolute atomic E-state index is 12.0. The van der Waals surface area contributed by atoms with Crippen LogP contribution in [0, 0.1) is 0 Å². The van der Waals surface area contributed by atoms with E-state index in [0.717, 1.165) is 5.69 Å². The second kappa shape index (κ2) is 5.70. The summed E-state index contributed by atoms with van der Waals surface area (Å²) in [4.78, 5) is 12.0. The number of hydrogen-bond acceptors (Lipinski definition) is 4. The van der Waals surface area contributed by atoms with Crippen molar-refractivity contribution in [1.29, 1.82) is 0 Å². The summed E-state index contributed by atoms with van der Waals surface area (Å²) in [5.74, 6) is 0.874. The third-order valence-corrected chi connectivity index (χ3v) is 3.16. The third-order valence-electron chi connectivity index (χ3n) is 3.16. The first-order valence-corrected chi connectivity index (χ1v) is 6.57. The first kappa shape index (κ1) is 13.2. The van der Waals surface area contributed by atoms with E-state index in [9.17, 15) is 4.79 Å². The number of amides is 1. The van der Waals surface area contributed by atoms with E-state index in [-0.39, 0.29) is 12.5 Å². The standard InChI is InChI=1S/C15H15N3O3/c1-18-8-4-5-11(18)9-16-17-15(19)14-10-20-12-6-2-3-7-13(12)21-14/h2-9,14H,10H2,1H3,(H,17,19)/b16-9-. The second-order valence-corrected chi connectivity index (χ2v) is 4.64. The molecule has 1 N–H and O–H groups in total. The van der Waals surface area contributed by atoms with Gasteiger partial charge in [0.05, 0.1) is 11.9 Å². The van der Waals surface area contributed by atoms with Crippen molar-refractivity contribution in [2.75, 3.05) is 6.61 Å². The first-order valence-electron chi connectivity index (χ1n) is 6.57. The molecule has 1 unspecified atom stereocenters. The number of nitrogens with zero attached hydrogens (tertiary/aromatic N) is 2. The molecule has 1 aliphatic heterocycles. The molecule has 0 saturated heterocycles. The number of hydrogen-bond donors (Lipinski definition) is 1. The van der Waals surface area contributed by atoms with Crippen LogP contribution in [0.5, 0.6) is 11.5 Å². The molecule has 1 atom stereocenters. The lowest BCUT2D eigenvalue weighted by atomic mass is 10.2. The predicted molar refractivity (Wildman–Crippen MR) is 77.5 cm³/mol. The zero-order valence-electron chi connectivity index (χ0n) is 11.5. The summed E-state index contributed by atoms with van der Waals surface area (Å²) in [6.07, 6.45) is 2.78. The lowest BCUT2D eigenvalue weighted by Crippen LogP contribution is -2.42. The van der Waals surface area contributed by atoms with Gasteiger partial charge in [0.15, 0.2) is 11.5 Å². The number of fused-ring (bicyclic) bond motifs is 1. The molecule has 0 bridgehead atoms. The maximum Gasteiger partial charge on any atom is 0.284 e. The van der Waals surface area contributed by atoms with Crippen LogP contribution in [0.25, 0.3) is 0 Å². The Bertz CT molecular complexity index is 678. The lowest BCUT2D eigenvalue weighted by Gasteiger charge is -2.24. The first-order chi connectivity index (χ1) is 10.2. The number of carbonyl (C=O) groups excluding carboxylic acids is 1. The number of aromatic nitrogens is 1. The van der Waals surface area contributed by atoms with Gasteiger partial charge in [0.1, 0.15) is 6.61 Å². The number of ether oxygens (including phenoxy) is 2. The van der Waals surface area contributed by atoms with Crippen LogP contribution in [0.4, 0.5) is 0 Å². The highest BCUT2D eigenvalue weighted by Gasteiger charge is 2.26. The molecule has 0 aliphatic carbocycles. The van der Waals surface area contributed by atoms with E-state index in [2.05, 4.69) is 10.5 Å². The van der Waals surface area contributed by atoms with Crippen LogP contribution in [0.3, 0.4) is 0 Å². The SMILES string of the molecule is Cn1cccc1/C=N\NC(=O)C1COc2ccccc2O1. The van der Waals surface area contributed by atoms with Crippen LogP contribution in [0.15, 0.2) is 47.7 Å². The van der Waals surface area contributed by atoms with Crippen LogP contribution in [-0.2, 0) is 11.8 Å². The van der Waals surface area contributed by atoms with E-state index in [1.54, 1.807) is 18.3 Å². The highest BCUT2D eigenvalue weighted by molar-refractivity contribution is 5.84. The molecular weight excluding hydrogens is 270 g/mol. The molecule has 6 nitrogen and oxygen atoms in total. The van der Waals surface area contributed by atoms with Crippen molar-refractivity contribution in [3.63, 3.8) is 0 Å². The van der Waals surface area contributed by atoms with Gasteiger partial charge in [-0.2, -0.15) is 5.10 Å². The minimum absolute atomic E-state index is 0.169. The minimum atomic E-state index is -0.703. The zero-order chi connectivity index (χ0) is 14.7. The summed E-state index contributed by atoms with van der Waals surface area (Å²) < 4.78 is 13.0. The fourth-order valence-electron chi connectivity index (χ4n) is 1.99. The van der Waals surface area contributed by atoms with Gasteiger partial charge in [-0.25, -0.2) is 5.43 Å². The number of rotatable bonds is 3. The van der Waals surface area contributed by atoms with Crippen LogP contribution < -0.4 is 14.9 Å². The summed E-state index contributed by atoms with van der Waals surface area (Å²) in [6.45, 7) is 0.169. The molecule has 6 heteroatoms. The van der Waals surface area contributed by atoms with Gasteiger partial charge in [0.2, 0.25) is 6.10 Å². The molecule has 0 saturated carbocycles. The Morgan fingerprint density at radius 1 is 1.33 bits per heavy atom. The average Bonchev–Trinajstić information content (AvgIpc) is 2.92. The largest absolute Gasteiger partial charge is 0.485 e. The lowest BCUT2D eigenvalue weighted by molar-refractivity contribution is -0.130. The molecule has 0 fully saturated rings. The smallest absolute Gasteiger partial charge is 0.284 e. The number of hydrazone groups is 1. The molecule has 1 aromatic carbocycles. The summed E-state index contributed by atoms with van der Waals surface area (Å²) in [5.41, 5.74) is 3.35. The summed E-state index contributed by atoms with van der Waals surface area (Å²) in [6, 6.07) is 11.0. The average molecular weight is 285 g/mol. The molecule has 21 heavy (non-hydrogen) atoms. The Morgan fingerprint density at radius 3 is 2.90 bits per heavy atom. The molecule has 2 aromatic rings. The van der Waals surface area contributed by atoms with Crippen molar-refractivity contribution < 1.29 is 14.3 Å². The van der Waals surface area contributed by atoms with Gasteiger partial charge in [-0.05, 0) is 24.3 Å². The molecular formula is C15H15N3O3. The Hall–Kier alpha value is -2.76. The Morgan fingerprint density at radius 2 is 2.14 bits per heavy atom. The van der Waals surface area contributed by atoms with Gasteiger partial charge < -0.3 is 14.0 Å². The van der Waals surface area contributed by atoms with Crippen molar-refractivity contribution in [3.8, 4) is 11.5 Å². The third kappa shape index (κ3) is 2.89. The number of aryl methyl sites for hydroxylation is 1. The molecule has 0 spiro atoms. The van der Waals surface area contributed by atoms with Gasteiger partial charge in [-0.15, -0.1) is 0 Å². The zero-order valence-corrected chi connectivity index (χ0v) is 11.5. The summed E-state index contributed by atoms with van der Waals surface area (Å²) >= 11 is 0. The fourth-order valence-corrected chi connectivity index (χ4v) is 1.99. The van der Waals surface area contributed by atoms with Crippen molar-refractivity contribution in [2.45, 2.75) is 6.10 Å². The quantitative estimate of drug-likeness (QED) is 0.683. The van der Waals surface area contributed by atoms with Crippen LogP contribution >= 0.6 is 0 Å². The minimum Gasteiger partial charge on any atom is -0.485 e. The Labute approximate surface area is 122 Å². The fraction of sp³-hybridized carbons (Fsp3) is 0.200. The highest BCUT2D eigenvalue weighted by atomic mass is 16.6. The molecule has 0 radical (unpaired) electrons. The topological polar surface area (TPSA) is 64.9 Å². The van der Waals surface area contributed by atoms with Crippen molar-refractivity contribution in [2.24, 2.45) is 12.1 Å². The molecule has 3 rings (SSSR count). The Balaban J connectivity index is 1.60. The van der Waals surface area contributed by atoms with Crippen LogP contribution in [0.1, 0.15) is 5.69 Å². The monoisotopic (exact) mass is 285 g/mol. The van der Waals surface area contributed by atoms with Crippen molar-refractivity contribution in [3.05, 3.63) is 48.3 Å². The van der Waals surface area contributed by atoms with Crippen LogP contribution in [-0.4, -0.2) is 29.4 Å². The highest BCUT2D eigenvalue weighted by Crippen LogP contribution is 2.30. The van der Waals surface area contributed by atoms with E-state index in [1.165, 1.54) is 0 Å². The van der Waals surface area contributed by atoms with Crippen molar-refractivity contribution >= 4 is 12.1 Å². The van der Waals surface area contributed by atoms with E-state index in [0.29, 0.717) is 11.5 Å². The van der Waals surface area contributed by atoms with Gasteiger partial charge in [0.25, 0.3) is 5.91 Å². The molecule has 1 aliphatic rings. The Kier molecular flexibility index (Phi) is 3.59. The van der Waals surface area contributed by atoms with E-state index >= 15 is 0 Å². The predicted octanol–water partition coefficient (Wildman–Crippen LogP) is 1.32. The van der Waals surface area contributed by atoms with Crippen LogP contribution in [0.2, 0.25) is 0 Å². The normalized spacial score (nSPS) is 16.9. The molecule has 1 aromatic heterocycles. The summed E-state index contributed by atoms with van der Waals surface area (Å²) in [7, 11) is 1.90. The van der Waals surface area contributed by atoms with Gasteiger partial charge in [-0.3, -0.25) is 4.79 Å². The molecule has 1 amide bonds. The van der Waals surface area contributed by atoms with Gasteiger partial charge in [0, 0.05) is 13.2 Å². The number of benzene rings is 1. The van der Waals surface area contributed by atoms with E-state index in [1.807, 2.05) is 42.1 Å². The molecule has 108 valence electrons. The number of nitrogens with one attached hydrogen (secondary N) is 1. The van der Waals surface area contributed by atoms with E-state index in [4.69, 9.17) is 9.47 Å². The molecule has 2 heterocycles. The van der Waals surface area contributed by atoms with Crippen molar-refractivity contribution in [1.82, 2.24) is 9.99 Å². The van der Waals surface area contributed by atoms with Gasteiger partial charge in [-0.1, -0.05) is 12.1 Å². The van der Waals surface area contributed by atoms with Gasteiger partial charge >= 0.3 is 0 Å². The van der Waals surface area contributed by atoms with E-state index < -0.39 is 6.10 Å².